The molecular formula is C26H32F2N4O3. The van der Waals surface area contributed by atoms with Crippen LogP contribution in [0.1, 0.15) is 54.7 Å². The summed E-state index contributed by atoms with van der Waals surface area (Å²) < 4.78 is 45.3. The molecule has 188 valence electrons. The van der Waals surface area contributed by atoms with Crippen molar-refractivity contribution in [2.45, 2.75) is 50.7 Å². The second-order valence-electron chi connectivity index (χ2n) is 9.13. The van der Waals surface area contributed by atoms with E-state index in [4.69, 9.17) is 19.9 Å². The average Bonchev–Trinajstić information content (AvgIpc) is 2.78. The number of nitrogens with two attached hydrogens (primary N) is 1. The summed E-state index contributed by atoms with van der Waals surface area (Å²) in [6.45, 7) is 2.96. The van der Waals surface area contributed by atoms with Crippen LogP contribution < -0.4 is 15.8 Å². The minimum absolute atomic E-state index is 0.189. The Hall–Kier alpha value is -3.04. The number of rotatable bonds is 9. The molecule has 0 unspecified atom stereocenters. The van der Waals surface area contributed by atoms with Gasteiger partial charge < -0.3 is 25.3 Å². The Balaban J connectivity index is 1.76. The molecule has 1 heterocycles. The molecule has 1 aromatic heterocycles. The van der Waals surface area contributed by atoms with E-state index in [2.05, 4.69) is 15.3 Å². The van der Waals surface area contributed by atoms with Gasteiger partial charge in [-0.15, -0.1) is 0 Å². The lowest BCUT2D eigenvalue weighted by Gasteiger charge is -2.41. The van der Waals surface area contributed by atoms with Crippen molar-refractivity contribution in [1.29, 1.82) is 0 Å². The van der Waals surface area contributed by atoms with Gasteiger partial charge in [0, 0.05) is 42.5 Å². The van der Waals surface area contributed by atoms with Crippen LogP contribution in [0.5, 0.6) is 5.75 Å². The van der Waals surface area contributed by atoms with Gasteiger partial charge in [-0.3, -0.25) is 0 Å². The Morgan fingerprint density at radius 3 is 2.46 bits per heavy atom. The SMILES string of the molecule is COCC(F)(F)c1cc(N)cc([C@@H](C)Nc2nc(C)nc3cc(OC)c(C4(OC)CCC4)cc23)c1. The van der Waals surface area contributed by atoms with Crippen LogP contribution >= 0.6 is 0 Å². The minimum atomic E-state index is -3.15. The Morgan fingerprint density at radius 1 is 1.11 bits per heavy atom. The number of anilines is 2. The first-order chi connectivity index (χ1) is 16.6. The van der Waals surface area contributed by atoms with Crippen LogP contribution in [-0.2, 0) is 21.0 Å². The number of nitrogen functional groups attached to an aromatic ring is 1. The second-order valence-corrected chi connectivity index (χ2v) is 9.13. The largest absolute Gasteiger partial charge is 0.496 e. The fourth-order valence-electron chi connectivity index (χ4n) is 4.68. The van der Waals surface area contributed by atoms with Crippen molar-refractivity contribution in [3.8, 4) is 5.75 Å². The highest BCUT2D eigenvalue weighted by molar-refractivity contribution is 5.91. The van der Waals surface area contributed by atoms with Gasteiger partial charge >= 0.3 is 0 Å². The van der Waals surface area contributed by atoms with E-state index < -0.39 is 18.1 Å². The van der Waals surface area contributed by atoms with Crippen molar-refractivity contribution >= 4 is 22.4 Å². The number of hydrogen-bond donors (Lipinski definition) is 2. The van der Waals surface area contributed by atoms with Gasteiger partial charge in [-0.05, 0) is 62.9 Å². The number of nitrogens with zero attached hydrogens (tertiary/aromatic N) is 2. The van der Waals surface area contributed by atoms with E-state index in [1.807, 2.05) is 26.0 Å². The molecule has 2 aromatic carbocycles. The third-order valence-corrected chi connectivity index (χ3v) is 6.75. The van der Waals surface area contributed by atoms with Gasteiger partial charge in [-0.2, -0.15) is 8.78 Å². The number of fused-ring (bicyclic) bond motifs is 1. The molecule has 0 saturated heterocycles. The van der Waals surface area contributed by atoms with Crippen LogP contribution in [0.3, 0.4) is 0 Å². The zero-order chi connectivity index (χ0) is 25.4. The molecule has 3 aromatic rings. The maximum Gasteiger partial charge on any atom is 0.296 e. The van der Waals surface area contributed by atoms with E-state index in [0.29, 0.717) is 17.2 Å². The lowest BCUT2D eigenvalue weighted by atomic mass is 9.74. The monoisotopic (exact) mass is 486 g/mol. The van der Waals surface area contributed by atoms with Gasteiger partial charge in [0.15, 0.2) is 0 Å². The van der Waals surface area contributed by atoms with Crippen LogP contribution in [0.2, 0.25) is 0 Å². The Labute approximate surface area is 204 Å². The highest BCUT2D eigenvalue weighted by Crippen LogP contribution is 2.49. The Morgan fingerprint density at radius 2 is 1.86 bits per heavy atom. The number of nitrogens with one attached hydrogen (secondary N) is 1. The van der Waals surface area contributed by atoms with Crippen LogP contribution in [0, 0.1) is 6.92 Å². The van der Waals surface area contributed by atoms with Crippen molar-refractivity contribution in [1.82, 2.24) is 9.97 Å². The van der Waals surface area contributed by atoms with E-state index in [1.54, 1.807) is 20.3 Å². The minimum Gasteiger partial charge on any atom is -0.496 e. The molecule has 4 rings (SSSR count). The van der Waals surface area contributed by atoms with Gasteiger partial charge in [-0.25, -0.2) is 9.97 Å². The van der Waals surface area contributed by atoms with Gasteiger partial charge in [0.2, 0.25) is 0 Å². The van der Waals surface area contributed by atoms with Crippen molar-refractivity contribution in [3.05, 3.63) is 52.8 Å². The van der Waals surface area contributed by atoms with Crippen LogP contribution in [0.4, 0.5) is 20.3 Å². The first kappa shape index (κ1) is 25.1. The summed E-state index contributed by atoms with van der Waals surface area (Å²) in [5.74, 6) is -1.26. The summed E-state index contributed by atoms with van der Waals surface area (Å²) in [5.41, 5.74) is 7.93. The first-order valence-electron chi connectivity index (χ1n) is 11.6. The normalized spacial score (nSPS) is 16.1. The van der Waals surface area contributed by atoms with Crippen LogP contribution in [-0.4, -0.2) is 37.9 Å². The first-order valence-corrected chi connectivity index (χ1v) is 11.6. The Kier molecular flexibility index (Phi) is 6.83. The number of methoxy groups -OCH3 is 3. The Bertz CT molecular complexity index is 1230. The molecule has 1 aliphatic carbocycles. The molecule has 1 atom stereocenters. The van der Waals surface area contributed by atoms with Gasteiger partial charge in [-0.1, -0.05) is 0 Å². The molecule has 7 nitrogen and oxygen atoms in total. The number of aromatic nitrogens is 2. The highest BCUT2D eigenvalue weighted by atomic mass is 19.3. The van der Waals surface area contributed by atoms with Gasteiger partial charge in [0.25, 0.3) is 5.92 Å². The van der Waals surface area contributed by atoms with E-state index in [1.165, 1.54) is 19.2 Å². The van der Waals surface area contributed by atoms with Crippen molar-refractivity contribution in [2.24, 2.45) is 0 Å². The number of benzene rings is 2. The van der Waals surface area contributed by atoms with Crippen molar-refractivity contribution in [2.75, 3.05) is 39.0 Å². The summed E-state index contributed by atoms with van der Waals surface area (Å²) in [6, 6.07) is 7.97. The summed E-state index contributed by atoms with van der Waals surface area (Å²) in [7, 11) is 4.60. The molecular weight excluding hydrogens is 454 g/mol. The summed E-state index contributed by atoms with van der Waals surface area (Å²) in [5, 5.41) is 4.19. The molecule has 0 radical (unpaired) electrons. The average molecular weight is 487 g/mol. The summed E-state index contributed by atoms with van der Waals surface area (Å²) in [4.78, 5) is 9.23. The zero-order valence-electron chi connectivity index (χ0n) is 20.7. The fourth-order valence-corrected chi connectivity index (χ4v) is 4.68. The molecule has 0 amide bonds. The van der Waals surface area contributed by atoms with E-state index >= 15 is 0 Å². The zero-order valence-corrected chi connectivity index (χ0v) is 20.7. The molecule has 35 heavy (non-hydrogen) atoms. The van der Waals surface area contributed by atoms with Crippen molar-refractivity contribution in [3.63, 3.8) is 0 Å². The van der Waals surface area contributed by atoms with Crippen molar-refractivity contribution < 1.29 is 23.0 Å². The standard InChI is InChI=1S/C26H32F2N4O3/c1-15(17-9-18(11-19(29)10-17)26(27,28)14-33-3)30-24-20-12-21(25(35-5)7-6-8-25)23(34-4)13-22(20)31-16(2)32-24/h9-13,15H,6-8,14,29H2,1-5H3,(H,30,31,32)/t15-/m1/s1. The lowest BCUT2D eigenvalue weighted by molar-refractivity contribution is -0.0790. The predicted octanol–water partition coefficient (Wildman–Crippen LogP) is 5.47. The molecule has 1 fully saturated rings. The number of ether oxygens (including phenoxy) is 3. The van der Waals surface area contributed by atoms with E-state index in [9.17, 15) is 8.78 Å². The number of alkyl halides is 2. The fraction of sp³-hybridized carbons (Fsp3) is 0.462. The molecule has 1 saturated carbocycles. The second kappa shape index (κ2) is 9.54. The highest BCUT2D eigenvalue weighted by Gasteiger charge is 2.41. The van der Waals surface area contributed by atoms with Crippen LogP contribution in [0.15, 0.2) is 30.3 Å². The third-order valence-electron chi connectivity index (χ3n) is 6.75. The topological polar surface area (TPSA) is 91.5 Å². The van der Waals surface area contributed by atoms with E-state index in [0.717, 1.165) is 41.5 Å². The molecule has 9 heteroatoms. The van der Waals surface area contributed by atoms with Crippen LogP contribution in [0.25, 0.3) is 10.9 Å². The lowest BCUT2D eigenvalue weighted by Crippen LogP contribution is -2.36. The molecule has 0 bridgehead atoms. The predicted molar refractivity (Wildman–Crippen MR) is 132 cm³/mol. The molecule has 0 aliphatic heterocycles. The number of aryl methyl sites for hydroxylation is 1. The maximum absolute atomic E-state index is 14.5. The smallest absolute Gasteiger partial charge is 0.296 e. The van der Waals surface area contributed by atoms with E-state index in [-0.39, 0.29) is 17.3 Å². The molecule has 0 spiro atoms. The third kappa shape index (κ3) is 4.75. The summed E-state index contributed by atoms with van der Waals surface area (Å²) in [6.07, 6.45) is 2.88. The molecule has 1 aliphatic rings. The van der Waals surface area contributed by atoms with Gasteiger partial charge in [0.1, 0.15) is 24.0 Å². The van der Waals surface area contributed by atoms with Gasteiger partial charge in [0.05, 0.1) is 24.3 Å². The quantitative estimate of drug-likeness (QED) is 0.388. The maximum atomic E-state index is 14.5. The molecule has 3 N–H and O–H groups in total. The number of halogens is 2. The number of hydrogen-bond acceptors (Lipinski definition) is 7. The summed E-state index contributed by atoms with van der Waals surface area (Å²) >= 11 is 0.